The van der Waals surface area contributed by atoms with Crippen molar-refractivity contribution in [2.75, 3.05) is 19.1 Å². The summed E-state index contributed by atoms with van der Waals surface area (Å²) in [5.74, 6) is -0.258. The predicted molar refractivity (Wildman–Crippen MR) is 109 cm³/mol. The van der Waals surface area contributed by atoms with Gasteiger partial charge in [0.15, 0.2) is 0 Å². The summed E-state index contributed by atoms with van der Waals surface area (Å²) in [6, 6.07) is 20.4. The van der Waals surface area contributed by atoms with Crippen LogP contribution in [0.15, 0.2) is 60.7 Å². The van der Waals surface area contributed by atoms with Gasteiger partial charge < -0.3 is 9.64 Å². The van der Waals surface area contributed by atoms with Crippen molar-refractivity contribution in [3.05, 3.63) is 66.2 Å². The number of amides is 1. The molecule has 0 unspecified atom stereocenters. The fourth-order valence-electron chi connectivity index (χ4n) is 3.14. The fourth-order valence-corrected chi connectivity index (χ4v) is 3.14. The third kappa shape index (κ3) is 4.17. The maximum Gasteiger partial charge on any atom is 0.305 e. The van der Waals surface area contributed by atoms with Crippen LogP contribution in [0.5, 0.6) is 0 Å². The number of aryl methyl sites for hydroxylation is 1. The molecule has 4 nitrogen and oxygen atoms in total. The second-order valence-corrected chi connectivity index (χ2v) is 6.57. The van der Waals surface area contributed by atoms with Gasteiger partial charge in [0.2, 0.25) is 5.91 Å². The van der Waals surface area contributed by atoms with Crippen molar-refractivity contribution in [1.82, 2.24) is 0 Å². The molecule has 0 saturated heterocycles. The maximum absolute atomic E-state index is 11.9. The first-order valence-electron chi connectivity index (χ1n) is 8.93. The quantitative estimate of drug-likeness (QED) is 0.624. The lowest BCUT2D eigenvalue weighted by Crippen LogP contribution is -2.23. The number of ether oxygens (including phenoxy) is 1. The molecule has 0 aliphatic heterocycles. The Morgan fingerprint density at radius 2 is 1.70 bits per heavy atom. The average Bonchev–Trinajstić information content (AvgIpc) is 2.70. The van der Waals surface area contributed by atoms with E-state index in [1.165, 1.54) is 12.5 Å². The zero-order chi connectivity index (χ0) is 19.4. The maximum atomic E-state index is 11.9. The van der Waals surface area contributed by atoms with E-state index in [9.17, 15) is 9.59 Å². The van der Waals surface area contributed by atoms with Crippen molar-refractivity contribution in [2.24, 2.45) is 0 Å². The van der Waals surface area contributed by atoms with Gasteiger partial charge in [0.25, 0.3) is 0 Å². The van der Waals surface area contributed by atoms with Gasteiger partial charge in [-0.05, 0) is 46.5 Å². The highest BCUT2D eigenvalue weighted by molar-refractivity contribution is 5.97. The van der Waals surface area contributed by atoms with Crippen LogP contribution in [0, 0.1) is 0 Å². The number of fused-ring (bicyclic) bond motifs is 1. The largest absolute Gasteiger partial charge is 0.469 e. The molecular formula is C23H23NO3. The molecule has 1 amide bonds. The van der Waals surface area contributed by atoms with E-state index in [-0.39, 0.29) is 11.9 Å². The smallest absolute Gasteiger partial charge is 0.305 e. The predicted octanol–water partition coefficient (Wildman–Crippen LogP) is 4.60. The lowest BCUT2D eigenvalue weighted by atomic mass is 9.96. The summed E-state index contributed by atoms with van der Waals surface area (Å²) >= 11 is 0. The molecule has 0 bridgehead atoms. The first-order chi connectivity index (χ1) is 13.0. The Bertz CT molecular complexity index is 994. The number of anilines is 1. The molecule has 3 aromatic carbocycles. The van der Waals surface area contributed by atoms with E-state index in [4.69, 9.17) is 4.74 Å². The van der Waals surface area contributed by atoms with Gasteiger partial charge in [-0.1, -0.05) is 42.5 Å². The van der Waals surface area contributed by atoms with E-state index in [1.807, 2.05) is 24.3 Å². The molecule has 0 spiro atoms. The van der Waals surface area contributed by atoms with Crippen LogP contribution in [0.25, 0.3) is 21.9 Å². The van der Waals surface area contributed by atoms with Crippen molar-refractivity contribution in [3.8, 4) is 11.1 Å². The minimum atomic E-state index is -0.229. The molecule has 0 aliphatic carbocycles. The summed E-state index contributed by atoms with van der Waals surface area (Å²) in [4.78, 5) is 25.1. The third-order valence-corrected chi connectivity index (χ3v) is 4.80. The highest BCUT2D eigenvalue weighted by Crippen LogP contribution is 2.33. The molecule has 0 aliphatic rings. The van der Waals surface area contributed by atoms with Gasteiger partial charge in [-0.2, -0.15) is 0 Å². The Morgan fingerprint density at radius 1 is 0.963 bits per heavy atom. The Kier molecular flexibility index (Phi) is 5.55. The second-order valence-electron chi connectivity index (χ2n) is 6.57. The molecule has 0 fully saturated rings. The SMILES string of the molecule is COC(=O)CCc1ccc(N(C)C(C)=O)c(-c2ccc3ccccc3c2)c1. The number of benzene rings is 3. The third-order valence-electron chi connectivity index (χ3n) is 4.80. The van der Waals surface area contributed by atoms with Crippen molar-refractivity contribution in [2.45, 2.75) is 19.8 Å². The number of rotatable bonds is 5. The van der Waals surface area contributed by atoms with E-state index >= 15 is 0 Å². The molecule has 0 atom stereocenters. The van der Waals surface area contributed by atoms with E-state index in [1.54, 1.807) is 18.9 Å². The van der Waals surface area contributed by atoms with Crippen LogP contribution in [0.2, 0.25) is 0 Å². The fraction of sp³-hybridized carbons (Fsp3) is 0.217. The number of methoxy groups -OCH3 is 1. The van der Waals surface area contributed by atoms with Gasteiger partial charge >= 0.3 is 5.97 Å². The van der Waals surface area contributed by atoms with Crippen LogP contribution in [-0.2, 0) is 20.7 Å². The number of carbonyl (C=O) groups excluding carboxylic acids is 2. The van der Waals surface area contributed by atoms with Gasteiger partial charge in [-0.15, -0.1) is 0 Å². The van der Waals surface area contributed by atoms with Gasteiger partial charge in [0.1, 0.15) is 0 Å². The zero-order valence-electron chi connectivity index (χ0n) is 15.9. The number of hydrogen-bond donors (Lipinski definition) is 0. The second kappa shape index (κ2) is 8.04. The summed E-state index contributed by atoms with van der Waals surface area (Å²) in [7, 11) is 3.17. The number of carbonyl (C=O) groups is 2. The van der Waals surface area contributed by atoms with Crippen molar-refractivity contribution >= 4 is 28.3 Å². The molecular weight excluding hydrogens is 338 g/mol. The van der Waals surface area contributed by atoms with E-state index < -0.39 is 0 Å². The molecule has 0 saturated carbocycles. The van der Waals surface area contributed by atoms with Crippen LogP contribution in [0.3, 0.4) is 0 Å². The number of nitrogens with zero attached hydrogens (tertiary/aromatic N) is 1. The monoisotopic (exact) mass is 361 g/mol. The normalized spacial score (nSPS) is 10.6. The molecule has 138 valence electrons. The Hall–Kier alpha value is -3.14. The molecule has 0 radical (unpaired) electrons. The number of esters is 1. The van der Waals surface area contributed by atoms with Crippen LogP contribution >= 0.6 is 0 Å². The van der Waals surface area contributed by atoms with Crippen LogP contribution in [0.1, 0.15) is 18.9 Å². The van der Waals surface area contributed by atoms with E-state index in [0.717, 1.165) is 27.8 Å². The first kappa shape index (κ1) is 18.6. The highest BCUT2D eigenvalue weighted by Gasteiger charge is 2.14. The van der Waals surface area contributed by atoms with Gasteiger partial charge in [-0.3, -0.25) is 9.59 Å². The standard InChI is InChI=1S/C23H23NO3/c1-16(25)24(2)22-12-8-17(9-13-23(26)27-3)14-21(22)20-11-10-18-6-4-5-7-19(18)15-20/h4-8,10-12,14-15H,9,13H2,1-3H3. The minimum Gasteiger partial charge on any atom is -0.469 e. The van der Waals surface area contributed by atoms with Crippen molar-refractivity contribution in [3.63, 3.8) is 0 Å². The van der Waals surface area contributed by atoms with Crippen LogP contribution < -0.4 is 4.90 Å². The summed E-state index contributed by atoms with van der Waals surface area (Å²) in [6.07, 6.45) is 0.923. The summed E-state index contributed by atoms with van der Waals surface area (Å²) in [6.45, 7) is 1.55. The highest BCUT2D eigenvalue weighted by atomic mass is 16.5. The molecule has 0 N–H and O–H groups in total. The summed E-state index contributed by atoms with van der Waals surface area (Å²) in [5, 5.41) is 2.32. The lowest BCUT2D eigenvalue weighted by Gasteiger charge is -2.20. The number of hydrogen-bond acceptors (Lipinski definition) is 3. The summed E-state index contributed by atoms with van der Waals surface area (Å²) < 4.78 is 4.74. The Balaban J connectivity index is 2.07. The summed E-state index contributed by atoms with van der Waals surface area (Å²) in [5.41, 5.74) is 3.89. The molecule has 3 rings (SSSR count). The molecule has 4 heteroatoms. The zero-order valence-corrected chi connectivity index (χ0v) is 15.9. The van der Waals surface area contributed by atoms with Crippen LogP contribution in [-0.4, -0.2) is 26.0 Å². The van der Waals surface area contributed by atoms with Crippen molar-refractivity contribution < 1.29 is 14.3 Å². The molecule has 27 heavy (non-hydrogen) atoms. The van der Waals surface area contributed by atoms with Crippen molar-refractivity contribution in [1.29, 1.82) is 0 Å². The van der Waals surface area contributed by atoms with Gasteiger partial charge in [0.05, 0.1) is 12.8 Å². The minimum absolute atomic E-state index is 0.0284. The Labute approximate surface area is 159 Å². The van der Waals surface area contributed by atoms with E-state index in [2.05, 4.69) is 36.4 Å². The molecule has 3 aromatic rings. The Morgan fingerprint density at radius 3 is 2.41 bits per heavy atom. The lowest BCUT2D eigenvalue weighted by molar-refractivity contribution is -0.140. The molecule has 0 heterocycles. The van der Waals surface area contributed by atoms with E-state index in [0.29, 0.717) is 12.8 Å². The topological polar surface area (TPSA) is 46.6 Å². The van der Waals surface area contributed by atoms with Gasteiger partial charge in [-0.25, -0.2) is 0 Å². The first-order valence-corrected chi connectivity index (χ1v) is 8.93. The van der Waals surface area contributed by atoms with Crippen LogP contribution in [0.4, 0.5) is 5.69 Å². The van der Waals surface area contributed by atoms with Gasteiger partial charge in [0, 0.05) is 26.0 Å². The molecule has 0 aromatic heterocycles. The average molecular weight is 361 g/mol.